The van der Waals surface area contributed by atoms with Gasteiger partial charge >= 0.3 is 0 Å². The first-order valence-corrected chi connectivity index (χ1v) is 10.6. The second kappa shape index (κ2) is 10.1. The van der Waals surface area contributed by atoms with E-state index in [9.17, 15) is 9.59 Å². The van der Waals surface area contributed by atoms with Gasteiger partial charge in [-0.25, -0.2) is 0 Å². The summed E-state index contributed by atoms with van der Waals surface area (Å²) < 4.78 is 1.88. The van der Waals surface area contributed by atoms with Crippen LogP contribution in [0, 0.1) is 0 Å². The highest BCUT2D eigenvalue weighted by atomic mass is 32.2. The maximum atomic E-state index is 13.3. The van der Waals surface area contributed by atoms with E-state index in [-0.39, 0.29) is 16.7 Å². The van der Waals surface area contributed by atoms with Gasteiger partial charge in [0.05, 0.1) is 5.25 Å². The summed E-state index contributed by atoms with van der Waals surface area (Å²) in [6, 6.07) is 21.4. The van der Waals surface area contributed by atoms with Crippen LogP contribution in [0.15, 0.2) is 82.9 Å². The first-order valence-electron chi connectivity index (χ1n) is 9.67. The van der Waals surface area contributed by atoms with Crippen LogP contribution in [0.3, 0.4) is 0 Å². The molecule has 0 saturated heterocycles. The fourth-order valence-electron chi connectivity index (χ4n) is 3.03. The Morgan fingerprint density at radius 2 is 1.55 bits per heavy atom. The SMILES string of the molecule is CCn1ccc(=O)nc1SC(C)C(=O)N(Cc1ccccc1)Cc1ccccc1. The Morgan fingerprint density at radius 3 is 2.07 bits per heavy atom. The summed E-state index contributed by atoms with van der Waals surface area (Å²) in [6.45, 7) is 5.60. The fraction of sp³-hybridized carbons (Fsp3) is 0.261. The predicted molar refractivity (Wildman–Crippen MR) is 117 cm³/mol. The minimum atomic E-state index is -0.366. The molecule has 0 saturated carbocycles. The van der Waals surface area contributed by atoms with E-state index in [2.05, 4.69) is 4.98 Å². The molecule has 3 aromatic rings. The van der Waals surface area contributed by atoms with E-state index in [1.165, 1.54) is 17.8 Å². The zero-order chi connectivity index (χ0) is 20.6. The standard InChI is InChI=1S/C23H25N3O2S/c1-3-25-15-14-21(27)24-23(25)29-18(2)22(28)26(16-19-10-6-4-7-11-19)17-20-12-8-5-9-13-20/h4-15,18H,3,16-17H2,1-2H3. The molecule has 150 valence electrons. The van der Waals surface area contributed by atoms with Crippen LogP contribution in [0.25, 0.3) is 0 Å². The Morgan fingerprint density at radius 1 is 1.00 bits per heavy atom. The van der Waals surface area contributed by atoms with E-state index in [1.807, 2.05) is 84.0 Å². The number of aromatic nitrogens is 2. The molecule has 1 unspecified atom stereocenters. The van der Waals surface area contributed by atoms with Crippen LogP contribution in [0.4, 0.5) is 0 Å². The van der Waals surface area contributed by atoms with Gasteiger partial charge in [-0.1, -0.05) is 72.4 Å². The Bertz CT molecular complexity index is 948. The molecule has 0 bridgehead atoms. The zero-order valence-corrected chi connectivity index (χ0v) is 17.5. The van der Waals surface area contributed by atoms with Gasteiger partial charge in [0.1, 0.15) is 0 Å². The minimum absolute atomic E-state index is 0.0171. The summed E-state index contributed by atoms with van der Waals surface area (Å²) >= 11 is 1.33. The smallest absolute Gasteiger partial charge is 0.273 e. The zero-order valence-electron chi connectivity index (χ0n) is 16.7. The number of carbonyl (C=O) groups is 1. The molecule has 0 N–H and O–H groups in total. The average molecular weight is 408 g/mol. The summed E-state index contributed by atoms with van der Waals surface area (Å²) in [5.41, 5.74) is 1.87. The molecule has 2 aromatic carbocycles. The quantitative estimate of drug-likeness (QED) is 0.419. The maximum absolute atomic E-state index is 13.3. The molecule has 3 rings (SSSR count). The number of benzene rings is 2. The number of thioether (sulfide) groups is 1. The van der Waals surface area contributed by atoms with E-state index in [1.54, 1.807) is 6.20 Å². The number of rotatable bonds is 8. The summed E-state index contributed by atoms with van der Waals surface area (Å²) in [5.74, 6) is 0.0171. The van der Waals surface area contributed by atoms with Crippen molar-refractivity contribution in [3.8, 4) is 0 Å². The third kappa shape index (κ3) is 5.81. The monoisotopic (exact) mass is 407 g/mol. The number of nitrogens with zero attached hydrogens (tertiary/aromatic N) is 3. The van der Waals surface area contributed by atoms with Crippen molar-refractivity contribution in [2.75, 3.05) is 0 Å². The van der Waals surface area contributed by atoms with Crippen LogP contribution in [0.5, 0.6) is 0 Å². The van der Waals surface area contributed by atoms with Crippen LogP contribution >= 0.6 is 11.8 Å². The lowest BCUT2D eigenvalue weighted by molar-refractivity contribution is -0.131. The van der Waals surface area contributed by atoms with E-state index in [0.29, 0.717) is 24.8 Å². The second-order valence-corrected chi connectivity index (χ2v) is 8.07. The first kappa shape index (κ1) is 20.9. The summed E-state index contributed by atoms with van der Waals surface area (Å²) in [6.07, 6.45) is 1.72. The molecule has 1 amide bonds. The number of amides is 1. The summed E-state index contributed by atoms with van der Waals surface area (Å²) in [7, 11) is 0. The number of carbonyl (C=O) groups excluding carboxylic acids is 1. The van der Waals surface area contributed by atoms with Gasteiger partial charge in [-0.2, -0.15) is 4.98 Å². The lowest BCUT2D eigenvalue weighted by atomic mass is 10.1. The lowest BCUT2D eigenvalue weighted by Crippen LogP contribution is -2.36. The van der Waals surface area contributed by atoms with Crippen LogP contribution in [-0.4, -0.2) is 25.6 Å². The molecule has 0 aliphatic rings. The van der Waals surface area contributed by atoms with Crippen LogP contribution in [0.1, 0.15) is 25.0 Å². The van der Waals surface area contributed by atoms with Crippen LogP contribution in [0.2, 0.25) is 0 Å². The third-order valence-corrected chi connectivity index (χ3v) is 5.66. The molecule has 1 heterocycles. The normalized spacial score (nSPS) is 11.8. The van der Waals surface area contributed by atoms with Crippen molar-refractivity contribution < 1.29 is 4.79 Å². The van der Waals surface area contributed by atoms with Crippen molar-refractivity contribution in [2.45, 2.75) is 43.9 Å². The average Bonchev–Trinajstić information content (AvgIpc) is 2.74. The van der Waals surface area contributed by atoms with Crippen molar-refractivity contribution in [3.05, 3.63) is 94.4 Å². The second-order valence-electron chi connectivity index (χ2n) is 6.76. The Balaban J connectivity index is 1.81. The van der Waals surface area contributed by atoms with Gasteiger partial charge in [0.15, 0.2) is 5.16 Å². The number of aryl methyl sites for hydroxylation is 1. The largest absolute Gasteiger partial charge is 0.333 e. The Kier molecular flexibility index (Phi) is 7.25. The van der Waals surface area contributed by atoms with E-state index < -0.39 is 0 Å². The molecule has 0 aliphatic carbocycles. The summed E-state index contributed by atoms with van der Waals surface area (Å²) in [5, 5.41) is 0.203. The molecule has 6 heteroatoms. The van der Waals surface area contributed by atoms with Gasteiger partial charge in [-0.3, -0.25) is 9.59 Å². The minimum Gasteiger partial charge on any atom is -0.333 e. The van der Waals surface area contributed by atoms with Crippen molar-refractivity contribution in [1.29, 1.82) is 0 Å². The lowest BCUT2D eigenvalue weighted by Gasteiger charge is -2.26. The van der Waals surface area contributed by atoms with Crippen molar-refractivity contribution in [2.24, 2.45) is 0 Å². The van der Waals surface area contributed by atoms with Crippen LogP contribution in [-0.2, 0) is 24.4 Å². The van der Waals surface area contributed by atoms with Crippen molar-refractivity contribution >= 4 is 17.7 Å². The highest BCUT2D eigenvalue weighted by Crippen LogP contribution is 2.23. The Hall–Kier alpha value is -2.86. The Labute approximate surface area is 175 Å². The number of hydrogen-bond donors (Lipinski definition) is 0. The molecule has 1 atom stereocenters. The molecule has 0 aliphatic heterocycles. The van der Waals surface area contributed by atoms with Gasteiger partial charge < -0.3 is 9.47 Å². The van der Waals surface area contributed by atoms with Crippen molar-refractivity contribution in [3.63, 3.8) is 0 Å². The molecular formula is C23H25N3O2S. The van der Waals surface area contributed by atoms with E-state index in [0.717, 1.165) is 11.1 Å². The van der Waals surface area contributed by atoms with E-state index in [4.69, 9.17) is 0 Å². The topological polar surface area (TPSA) is 55.2 Å². The highest BCUT2D eigenvalue weighted by Gasteiger charge is 2.23. The van der Waals surface area contributed by atoms with E-state index >= 15 is 0 Å². The van der Waals surface area contributed by atoms with Gasteiger partial charge in [0.2, 0.25) is 5.91 Å². The molecule has 0 spiro atoms. The molecule has 1 aromatic heterocycles. The van der Waals surface area contributed by atoms with Crippen LogP contribution < -0.4 is 5.56 Å². The van der Waals surface area contributed by atoms with Gasteiger partial charge in [-0.05, 0) is 25.0 Å². The molecule has 29 heavy (non-hydrogen) atoms. The van der Waals surface area contributed by atoms with Gasteiger partial charge in [-0.15, -0.1) is 0 Å². The first-order chi connectivity index (χ1) is 14.1. The molecule has 5 nitrogen and oxygen atoms in total. The van der Waals surface area contributed by atoms with Gasteiger partial charge in [0.25, 0.3) is 5.56 Å². The molecule has 0 fully saturated rings. The third-order valence-electron chi connectivity index (χ3n) is 4.56. The number of hydrogen-bond acceptors (Lipinski definition) is 4. The maximum Gasteiger partial charge on any atom is 0.273 e. The fourth-order valence-corrected chi connectivity index (χ4v) is 4.07. The molecule has 0 radical (unpaired) electrons. The van der Waals surface area contributed by atoms with Crippen molar-refractivity contribution in [1.82, 2.24) is 14.5 Å². The van der Waals surface area contributed by atoms with Gasteiger partial charge in [0, 0.05) is 31.9 Å². The molecular weight excluding hydrogens is 382 g/mol. The summed E-state index contributed by atoms with van der Waals surface area (Å²) in [4.78, 5) is 31.0. The predicted octanol–water partition coefficient (Wildman–Crippen LogP) is 3.97. The highest BCUT2D eigenvalue weighted by molar-refractivity contribution is 8.00.